The van der Waals surface area contributed by atoms with Crippen LogP contribution in [0, 0.1) is 0 Å². The zero-order valence-electron chi connectivity index (χ0n) is 10.8. The van der Waals surface area contributed by atoms with Gasteiger partial charge in [-0.2, -0.15) is 0 Å². The van der Waals surface area contributed by atoms with Gasteiger partial charge in [-0.05, 0) is 37.3 Å². The van der Waals surface area contributed by atoms with Crippen molar-refractivity contribution in [3.8, 4) is 11.5 Å². The first-order valence-corrected chi connectivity index (χ1v) is 6.87. The first-order chi connectivity index (χ1) is 9.60. The monoisotopic (exact) mass is 309 g/mol. The zero-order chi connectivity index (χ0) is 14.5. The summed E-state index contributed by atoms with van der Waals surface area (Å²) in [6.07, 6.45) is 0. The number of hydrogen-bond donors (Lipinski definition) is 1. The third kappa shape index (κ3) is 3.65. The van der Waals surface area contributed by atoms with Crippen molar-refractivity contribution in [2.75, 3.05) is 6.54 Å². The second-order valence-corrected chi connectivity index (χ2v) is 4.88. The minimum atomic E-state index is -0.132. The smallest absolute Gasteiger partial charge is 0.251 e. The van der Waals surface area contributed by atoms with Crippen LogP contribution in [0.4, 0.5) is 0 Å². The second-order valence-electron chi connectivity index (χ2n) is 4.07. The first kappa shape index (κ1) is 14.7. The molecule has 20 heavy (non-hydrogen) atoms. The lowest BCUT2D eigenvalue weighted by atomic mass is 10.2. The van der Waals surface area contributed by atoms with E-state index >= 15 is 0 Å². The Labute approximate surface area is 127 Å². The van der Waals surface area contributed by atoms with Crippen LogP contribution in [0.25, 0.3) is 0 Å². The first-order valence-electron chi connectivity index (χ1n) is 6.11. The van der Waals surface area contributed by atoms with Gasteiger partial charge in [-0.3, -0.25) is 4.79 Å². The lowest BCUT2D eigenvalue weighted by molar-refractivity contribution is 0.0955. The van der Waals surface area contributed by atoms with Crippen molar-refractivity contribution in [2.45, 2.75) is 6.92 Å². The number of carbonyl (C=O) groups excluding carboxylic acids is 1. The number of rotatable bonds is 4. The Morgan fingerprint density at radius 3 is 2.55 bits per heavy atom. The van der Waals surface area contributed by atoms with Gasteiger partial charge in [-0.1, -0.05) is 29.3 Å². The van der Waals surface area contributed by atoms with Gasteiger partial charge in [-0.25, -0.2) is 0 Å². The number of carbonyl (C=O) groups is 1. The minimum Gasteiger partial charge on any atom is -0.457 e. The molecule has 2 aromatic rings. The van der Waals surface area contributed by atoms with E-state index in [2.05, 4.69) is 5.32 Å². The van der Waals surface area contributed by atoms with Crippen LogP contribution in [-0.2, 0) is 0 Å². The summed E-state index contributed by atoms with van der Waals surface area (Å²) in [6, 6.07) is 11.9. The Balaban J connectivity index is 2.19. The summed E-state index contributed by atoms with van der Waals surface area (Å²) < 4.78 is 5.66. The third-order valence-corrected chi connectivity index (χ3v) is 3.30. The number of halogens is 2. The number of amides is 1. The Morgan fingerprint density at radius 2 is 1.85 bits per heavy atom. The summed E-state index contributed by atoms with van der Waals surface area (Å²) in [7, 11) is 0. The van der Waals surface area contributed by atoms with E-state index in [1.54, 1.807) is 42.5 Å². The quantitative estimate of drug-likeness (QED) is 0.900. The molecule has 0 heterocycles. The number of benzene rings is 2. The Hall–Kier alpha value is -1.71. The van der Waals surface area contributed by atoms with Crippen LogP contribution >= 0.6 is 23.2 Å². The molecule has 0 unspecified atom stereocenters. The van der Waals surface area contributed by atoms with Gasteiger partial charge in [0.1, 0.15) is 11.5 Å². The molecule has 0 aliphatic carbocycles. The Morgan fingerprint density at radius 1 is 1.10 bits per heavy atom. The van der Waals surface area contributed by atoms with Crippen molar-refractivity contribution in [3.05, 3.63) is 58.1 Å². The fourth-order valence-corrected chi connectivity index (χ4v) is 1.93. The average Bonchev–Trinajstić information content (AvgIpc) is 2.43. The summed E-state index contributed by atoms with van der Waals surface area (Å²) in [6.45, 7) is 2.45. The zero-order valence-corrected chi connectivity index (χ0v) is 12.3. The molecule has 0 aliphatic heterocycles. The van der Waals surface area contributed by atoms with Crippen molar-refractivity contribution in [3.63, 3.8) is 0 Å². The predicted octanol–water partition coefficient (Wildman–Crippen LogP) is 4.54. The van der Waals surface area contributed by atoms with Crippen LogP contribution in [0.3, 0.4) is 0 Å². The molecule has 3 nitrogen and oxygen atoms in total. The third-order valence-electron chi connectivity index (χ3n) is 2.56. The van der Waals surface area contributed by atoms with E-state index < -0.39 is 0 Å². The van der Waals surface area contributed by atoms with E-state index in [0.717, 1.165) is 0 Å². The molecule has 0 bridgehead atoms. The van der Waals surface area contributed by atoms with E-state index in [0.29, 0.717) is 33.7 Å². The number of ether oxygens (including phenoxy) is 1. The van der Waals surface area contributed by atoms with Crippen LogP contribution in [0.5, 0.6) is 11.5 Å². The van der Waals surface area contributed by atoms with Crippen molar-refractivity contribution in [1.82, 2.24) is 5.32 Å². The van der Waals surface area contributed by atoms with Gasteiger partial charge < -0.3 is 10.1 Å². The van der Waals surface area contributed by atoms with Gasteiger partial charge in [0.2, 0.25) is 0 Å². The highest BCUT2D eigenvalue weighted by molar-refractivity contribution is 6.42. The summed E-state index contributed by atoms with van der Waals surface area (Å²) in [4.78, 5) is 11.7. The van der Waals surface area contributed by atoms with Gasteiger partial charge in [-0.15, -0.1) is 0 Å². The Kier molecular flexibility index (Phi) is 4.88. The second kappa shape index (κ2) is 6.64. The van der Waals surface area contributed by atoms with Crippen LogP contribution in [0.15, 0.2) is 42.5 Å². The molecular weight excluding hydrogens is 297 g/mol. The van der Waals surface area contributed by atoms with Crippen molar-refractivity contribution >= 4 is 29.1 Å². The summed E-state index contributed by atoms with van der Waals surface area (Å²) in [5.41, 5.74) is 0.546. The van der Waals surface area contributed by atoms with E-state index in [-0.39, 0.29) is 5.91 Å². The molecule has 104 valence electrons. The molecular formula is C15H13Cl2NO2. The van der Waals surface area contributed by atoms with E-state index in [4.69, 9.17) is 27.9 Å². The molecule has 1 N–H and O–H groups in total. The highest BCUT2D eigenvalue weighted by Crippen LogP contribution is 2.29. The van der Waals surface area contributed by atoms with E-state index in [9.17, 15) is 4.79 Å². The molecule has 0 spiro atoms. The van der Waals surface area contributed by atoms with Crippen LogP contribution in [-0.4, -0.2) is 12.5 Å². The molecule has 0 aromatic heterocycles. The molecule has 0 atom stereocenters. The Bertz CT molecular complexity index is 629. The van der Waals surface area contributed by atoms with E-state index in [1.807, 2.05) is 6.92 Å². The SMILES string of the molecule is CCNC(=O)c1cccc(Oc2ccc(Cl)c(Cl)c2)c1. The molecule has 0 radical (unpaired) electrons. The highest BCUT2D eigenvalue weighted by Gasteiger charge is 2.06. The normalized spacial score (nSPS) is 10.2. The molecule has 1 amide bonds. The molecule has 2 rings (SSSR count). The topological polar surface area (TPSA) is 38.3 Å². The molecule has 0 fully saturated rings. The molecule has 0 aliphatic rings. The fourth-order valence-electron chi connectivity index (χ4n) is 1.64. The standard InChI is InChI=1S/C15H13Cl2NO2/c1-2-18-15(19)10-4-3-5-11(8-10)20-12-6-7-13(16)14(17)9-12/h3-9H,2H2,1H3,(H,18,19). The van der Waals surface area contributed by atoms with Gasteiger partial charge in [0.25, 0.3) is 5.91 Å². The van der Waals surface area contributed by atoms with Crippen LogP contribution in [0.1, 0.15) is 17.3 Å². The fraction of sp³-hybridized carbons (Fsp3) is 0.133. The molecule has 5 heteroatoms. The van der Waals surface area contributed by atoms with Crippen LogP contribution in [0.2, 0.25) is 10.0 Å². The van der Waals surface area contributed by atoms with Crippen molar-refractivity contribution < 1.29 is 9.53 Å². The molecule has 2 aromatic carbocycles. The maximum absolute atomic E-state index is 11.7. The van der Waals surface area contributed by atoms with Gasteiger partial charge in [0.05, 0.1) is 10.0 Å². The van der Waals surface area contributed by atoms with Gasteiger partial charge in [0.15, 0.2) is 0 Å². The van der Waals surface area contributed by atoms with Crippen molar-refractivity contribution in [1.29, 1.82) is 0 Å². The van der Waals surface area contributed by atoms with Gasteiger partial charge in [0, 0.05) is 18.2 Å². The summed E-state index contributed by atoms with van der Waals surface area (Å²) >= 11 is 11.8. The lowest BCUT2D eigenvalue weighted by Crippen LogP contribution is -2.22. The molecule has 0 saturated carbocycles. The maximum atomic E-state index is 11.7. The van der Waals surface area contributed by atoms with Crippen molar-refractivity contribution in [2.24, 2.45) is 0 Å². The van der Waals surface area contributed by atoms with E-state index in [1.165, 1.54) is 0 Å². The largest absolute Gasteiger partial charge is 0.457 e. The average molecular weight is 310 g/mol. The van der Waals surface area contributed by atoms with Crippen LogP contribution < -0.4 is 10.1 Å². The predicted molar refractivity (Wildman–Crippen MR) is 81.0 cm³/mol. The van der Waals surface area contributed by atoms with Gasteiger partial charge >= 0.3 is 0 Å². The molecule has 0 saturated heterocycles. The highest BCUT2D eigenvalue weighted by atomic mass is 35.5. The summed E-state index contributed by atoms with van der Waals surface area (Å²) in [5.74, 6) is 0.992. The lowest BCUT2D eigenvalue weighted by Gasteiger charge is -2.08. The number of hydrogen-bond acceptors (Lipinski definition) is 2. The maximum Gasteiger partial charge on any atom is 0.251 e. The number of nitrogens with one attached hydrogen (secondary N) is 1. The summed E-state index contributed by atoms with van der Waals surface area (Å²) in [5, 5.41) is 3.62. The minimum absolute atomic E-state index is 0.132.